The highest BCUT2D eigenvalue weighted by Gasteiger charge is 2.12. The van der Waals surface area contributed by atoms with Gasteiger partial charge in [-0.2, -0.15) is 0 Å². The predicted octanol–water partition coefficient (Wildman–Crippen LogP) is 2.90. The van der Waals surface area contributed by atoms with Gasteiger partial charge in [0.15, 0.2) is 11.5 Å². The van der Waals surface area contributed by atoms with Crippen LogP contribution in [0.1, 0.15) is 19.4 Å². The number of methoxy groups -OCH3 is 1. The summed E-state index contributed by atoms with van der Waals surface area (Å²) in [6, 6.07) is 4.55. The van der Waals surface area contributed by atoms with Gasteiger partial charge in [0, 0.05) is 19.1 Å². The number of rotatable bonds is 8. The highest BCUT2D eigenvalue weighted by molar-refractivity contribution is 9.10. The van der Waals surface area contributed by atoms with Gasteiger partial charge in [-0.1, -0.05) is 13.8 Å². The number of benzene rings is 1. The molecule has 0 aliphatic heterocycles. The number of nitrogens with zero attached hydrogens (tertiary/aromatic N) is 1. The van der Waals surface area contributed by atoms with E-state index >= 15 is 0 Å². The van der Waals surface area contributed by atoms with Gasteiger partial charge >= 0.3 is 0 Å². The van der Waals surface area contributed by atoms with E-state index in [1.54, 1.807) is 7.11 Å². The first-order valence-electron chi connectivity index (χ1n) is 6.81. The Bertz CT molecular complexity index is 423. The fourth-order valence-corrected chi connectivity index (χ4v) is 2.27. The average Bonchev–Trinajstić information content (AvgIpc) is 2.37. The summed E-state index contributed by atoms with van der Waals surface area (Å²) in [6.07, 6.45) is 0. The van der Waals surface area contributed by atoms with E-state index in [2.05, 4.69) is 46.1 Å². The minimum Gasteiger partial charge on any atom is -0.493 e. The van der Waals surface area contributed by atoms with Crippen LogP contribution < -0.4 is 14.8 Å². The Kier molecular flexibility index (Phi) is 7.34. The molecular weight excluding hydrogens is 320 g/mol. The van der Waals surface area contributed by atoms with Crippen molar-refractivity contribution in [2.24, 2.45) is 0 Å². The summed E-state index contributed by atoms with van der Waals surface area (Å²) in [6.45, 7) is 6.57. The quantitative estimate of drug-likeness (QED) is 0.786. The highest BCUT2D eigenvalue weighted by atomic mass is 79.9. The van der Waals surface area contributed by atoms with E-state index in [0.29, 0.717) is 12.6 Å². The number of hydrogen-bond donors (Lipinski definition) is 1. The van der Waals surface area contributed by atoms with Crippen LogP contribution in [-0.4, -0.2) is 45.3 Å². The van der Waals surface area contributed by atoms with Gasteiger partial charge in [0.1, 0.15) is 6.61 Å². The molecule has 0 radical (unpaired) electrons. The molecule has 0 unspecified atom stereocenters. The predicted molar refractivity (Wildman–Crippen MR) is 86.7 cm³/mol. The average molecular weight is 345 g/mol. The van der Waals surface area contributed by atoms with Gasteiger partial charge in [-0.05, 0) is 47.7 Å². The Morgan fingerprint density at radius 1 is 1.30 bits per heavy atom. The molecule has 1 N–H and O–H groups in total. The maximum Gasteiger partial charge on any atom is 0.175 e. The smallest absolute Gasteiger partial charge is 0.175 e. The molecule has 0 spiro atoms. The van der Waals surface area contributed by atoms with Crippen molar-refractivity contribution < 1.29 is 9.47 Å². The largest absolute Gasteiger partial charge is 0.493 e. The molecule has 114 valence electrons. The van der Waals surface area contributed by atoms with Gasteiger partial charge in [0.2, 0.25) is 0 Å². The molecule has 20 heavy (non-hydrogen) atoms. The third kappa shape index (κ3) is 5.69. The summed E-state index contributed by atoms with van der Waals surface area (Å²) in [4.78, 5) is 2.08. The van der Waals surface area contributed by atoms with Crippen LogP contribution in [0.5, 0.6) is 11.5 Å². The van der Waals surface area contributed by atoms with Crippen LogP contribution >= 0.6 is 15.9 Å². The molecule has 0 aromatic heterocycles. The van der Waals surface area contributed by atoms with Crippen molar-refractivity contribution in [2.75, 3.05) is 34.4 Å². The zero-order valence-electron chi connectivity index (χ0n) is 13.0. The van der Waals surface area contributed by atoms with Gasteiger partial charge in [-0.15, -0.1) is 0 Å². The van der Waals surface area contributed by atoms with Gasteiger partial charge < -0.3 is 19.7 Å². The minimum atomic E-state index is 0.454. The highest BCUT2D eigenvalue weighted by Crippen LogP contribution is 2.36. The normalized spacial score (nSPS) is 11.2. The molecule has 5 heteroatoms. The second-order valence-electron chi connectivity index (χ2n) is 5.30. The molecule has 1 aromatic carbocycles. The molecule has 0 saturated heterocycles. The summed E-state index contributed by atoms with van der Waals surface area (Å²) in [7, 11) is 5.72. The maximum atomic E-state index is 5.82. The molecular formula is C15H25BrN2O2. The number of nitrogens with one attached hydrogen (secondary N) is 1. The second kappa shape index (κ2) is 8.49. The van der Waals surface area contributed by atoms with E-state index < -0.39 is 0 Å². The Morgan fingerprint density at radius 2 is 2.00 bits per heavy atom. The van der Waals surface area contributed by atoms with E-state index in [1.165, 1.54) is 5.56 Å². The van der Waals surface area contributed by atoms with Crippen LogP contribution in [0.4, 0.5) is 0 Å². The zero-order chi connectivity index (χ0) is 15.1. The second-order valence-corrected chi connectivity index (χ2v) is 6.15. The fraction of sp³-hybridized carbons (Fsp3) is 0.600. The van der Waals surface area contributed by atoms with Crippen molar-refractivity contribution in [1.82, 2.24) is 10.2 Å². The summed E-state index contributed by atoms with van der Waals surface area (Å²) < 4.78 is 12.2. The Balaban J connectivity index is 2.79. The van der Waals surface area contributed by atoms with Crippen LogP contribution in [0.15, 0.2) is 16.6 Å². The lowest BCUT2D eigenvalue weighted by Gasteiger charge is -2.16. The molecule has 0 heterocycles. The van der Waals surface area contributed by atoms with Crippen LogP contribution in [0, 0.1) is 0 Å². The molecule has 0 aliphatic carbocycles. The molecule has 1 rings (SSSR count). The third-order valence-electron chi connectivity index (χ3n) is 2.79. The summed E-state index contributed by atoms with van der Waals surface area (Å²) in [5, 5.41) is 3.39. The van der Waals surface area contributed by atoms with Crippen molar-refractivity contribution in [3.05, 3.63) is 22.2 Å². The minimum absolute atomic E-state index is 0.454. The van der Waals surface area contributed by atoms with E-state index in [-0.39, 0.29) is 0 Å². The summed E-state index contributed by atoms with van der Waals surface area (Å²) in [5.41, 5.74) is 1.17. The van der Waals surface area contributed by atoms with Crippen LogP contribution in [0.3, 0.4) is 0 Å². The molecule has 1 aromatic rings. The molecule has 0 atom stereocenters. The van der Waals surface area contributed by atoms with Crippen molar-refractivity contribution in [2.45, 2.75) is 26.4 Å². The van der Waals surface area contributed by atoms with Gasteiger partial charge in [0.25, 0.3) is 0 Å². The molecule has 0 amide bonds. The first-order valence-corrected chi connectivity index (χ1v) is 7.60. The summed E-state index contributed by atoms with van der Waals surface area (Å²) in [5.74, 6) is 1.53. The van der Waals surface area contributed by atoms with Gasteiger partial charge in [0.05, 0.1) is 11.6 Å². The van der Waals surface area contributed by atoms with Gasteiger partial charge in [-0.3, -0.25) is 0 Å². The molecule has 0 fully saturated rings. The van der Waals surface area contributed by atoms with Crippen LogP contribution in [0.2, 0.25) is 0 Å². The monoisotopic (exact) mass is 344 g/mol. The van der Waals surface area contributed by atoms with E-state index in [4.69, 9.17) is 9.47 Å². The Hall–Kier alpha value is -0.780. The first kappa shape index (κ1) is 17.3. The van der Waals surface area contributed by atoms with E-state index in [9.17, 15) is 0 Å². The maximum absolute atomic E-state index is 5.82. The zero-order valence-corrected chi connectivity index (χ0v) is 14.6. The van der Waals surface area contributed by atoms with Crippen molar-refractivity contribution in [1.29, 1.82) is 0 Å². The topological polar surface area (TPSA) is 33.7 Å². The van der Waals surface area contributed by atoms with Crippen LogP contribution in [-0.2, 0) is 6.54 Å². The fourth-order valence-electron chi connectivity index (χ4n) is 1.67. The van der Waals surface area contributed by atoms with E-state index in [0.717, 1.165) is 29.1 Å². The first-order chi connectivity index (χ1) is 9.43. The lowest BCUT2D eigenvalue weighted by molar-refractivity contribution is 0.249. The van der Waals surface area contributed by atoms with Crippen molar-refractivity contribution in [3.63, 3.8) is 0 Å². The van der Waals surface area contributed by atoms with Crippen molar-refractivity contribution >= 4 is 15.9 Å². The number of ether oxygens (including phenoxy) is 2. The number of halogens is 1. The SMILES string of the molecule is COc1cc(CNC(C)C)cc(Br)c1OCCN(C)C. The molecule has 0 bridgehead atoms. The number of likely N-dealkylation sites (N-methyl/N-ethyl adjacent to an activating group) is 1. The lowest BCUT2D eigenvalue weighted by Crippen LogP contribution is -2.22. The Labute approximate surface area is 130 Å². The molecule has 0 aliphatic rings. The van der Waals surface area contributed by atoms with Gasteiger partial charge in [-0.25, -0.2) is 0 Å². The molecule has 4 nitrogen and oxygen atoms in total. The number of hydrogen-bond acceptors (Lipinski definition) is 4. The third-order valence-corrected chi connectivity index (χ3v) is 3.38. The molecule has 0 saturated carbocycles. The lowest BCUT2D eigenvalue weighted by atomic mass is 10.2. The van der Waals surface area contributed by atoms with Crippen LogP contribution in [0.25, 0.3) is 0 Å². The Morgan fingerprint density at radius 3 is 2.55 bits per heavy atom. The summed E-state index contributed by atoms with van der Waals surface area (Å²) >= 11 is 3.57. The standard InChI is InChI=1S/C15H25BrN2O2/c1-11(2)17-10-12-8-13(16)15(14(9-12)19-5)20-7-6-18(3)4/h8-9,11,17H,6-7,10H2,1-5H3. The van der Waals surface area contributed by atoms with E-state index in [1.807, 2.05) is 20.2 Å². The van der Waals surface area contributed by atoms with Crippen molar-refractivity contribution in [3.8, 4) is 11.5 Å².